The van der Waals surface area contributed by atoms with Crippen LogP contribution in [0.15, 0.2) is 30.9 Å². The van der Waals surface area contributed by atoms with Crippen LogP contribution in [0.25, 0.3) is 0 Å². The highest BCUT2D eigenvalue weighted by Gasteiger charge is 2.21. The van der Waals surface area contributed by atoms with Gasteiger partial charge in [0.1, 0.15) is 5.69 Å². The Hall–Kier alpha value is -2.41. The second kappa shape index (κ2) is 7.25. The van der Waals surface area contributed by atoms with Crippen LogP contribution in [0.1, 0.15) is 10.4 Å². The normalized spacial score (nSPS) is 10.1. The highest BCUT2D eigenvalue weighted by atomic mass is 16.6. The fraction of sp³-hybridized carbons (Fsp3) is 0.308. The Morgan fingerprint density at radius 3 is 2.80 bits per heavy atom. The minimum Gasteiger partial charge on any atom is -0.478 e. The van der Waals surface area contributed by atoms with Crippen molar-refractivity contribution in [3.63, 3.8) is 0 Å². The van der Waals surface area contributed by atoms with Crippen LogP contribution in [0, 0.1) is 10.1 Å². The molecule has 0 aliphatic heterocycles. The summed E-state index contributed by atoms with van der Waals surface area (Å²) in [5, 5.41) is 20.0. The fourth-order valence-electron chi connectivity index (χ4n) is 1.74. The number of carboxylic acids is 1. The molecule has 1 N–H and O–H groups in total. The lowest BCUT2D eigenvalue weighted by molar-refractivity contribution is -0.384. The summed E-state index contributed by atoms with van der Waals surface area (Å²) in [6.45, 7) is 4.84. The Morgan fingerprint density at radius 2 is 2.30 bits per heavy atom. The lowest BCUT2D eigenvalue weighted by atomic mass is 10.1. The standard InChI is InChI=1S/C13H16N2O5/c1-3-6-14(7-8-20-2)11-5-4-10(13(16)17)9-12(11)15(18)19/h3-5,9H,1,6-8H2,2H3,(H,16,17). The Kier molecular flexibility index (Phi) is 5.67. The van der Waals surface area contributed by atoms with Gasteiger partial charge >= 0.3 is 5.97 Å². The van der Waals surface area contributed by atoms with Gasteiger partial charge in [0.15, 0.2) is 0 Å². The first-order valence-corrected chi connectivity index (χ1v) is 5.87. The van der Waals surface area contributed by atoms with Crippen LogP contribution in [0.5, 0.6) is 0 Å². The second-order valence-electron chi connectivity index (χ2n) is 3.99. The van der Waals surface area contributed by atoms with Gasteiger partial charge in [-0.3, -0.25) is 10.1 Å². The van der Waals surface area contributed by atoms with Crippen molar-refractivity contribution in [2.75, 3.05) is 31.7 Å². The van der Waals surface area contributed by atoms with E-state index in [-0.39, 0.29) is 11.3 Å². The fourth-order valence-corrected chi connectivity index (χ4v) is 1.74. The minimum atomic E-state index is -1.20. The van der Waals surface area contributed by atoms with Crippen molar-refractivity contribution in [3.8, 4) is 0 Å². The zero-order chi connectivity index (χ0) is 15.1. The molecule has 7 nitrogen and oxygen atoms in total. The third-order valence-electron chi connectivity index (χ3n) is 2.67. The first-order chi connectivity index (χ1) is 9.51. The number of hydrogen-bond acceptors (Lipinski definition) is 5. The van der Waals surface area contributed by atoms with Gasteiger partial charge in [-0.15, -0.1) is 6.58 Å². The molecular formula is C13H16N2O5. The molecular weight excluding hydrogens is 264 g/mol. The number of nitro benzene ring substituents is 1. The van der Waals surface area contributed by atoms with Crippen LogP contribution < -0.4 is 4.90 Å². The zero-order valence-electron chi connectivity index (χ0n) is 11.1. The van der Waals surface area contributed by atoms with Gasteiger partial charge in [-0.2, -0.15) is 0 Å². The number of rotatable bonds is 8. The Balaban J connectivity index is 3.21. The van der Waals surface area contributed by atoms with Crippen molar-refractivity contribution in [3.05, 3.63) is 46.5 Å². The van der Waals surface area contributed by atoms with Crippen molar-refractivity contribution in [2.24, 2.45) is 0 Å². The molecule has 0 heterocycles. The number of methoxy groups -OCH3 is 1. The third-order valence-corrected chi connectivity index (χ3v) is 2.67. The maximum Gasteiger partial charge on any atom is 0.335 e. The van der Waals surface area contributed by atoms with Crippen LogP contribution in [-0.4, -0.2) is 42.8 Å². The Bertz CT molecular complexity index is 515. The molecule has 0 aliphatic carbocycles. The summed E-state index contributed by atoms with van der Waals surface area (Å²) in [7, 11) is 1.54. The van der Waals surface area contributed by atoms with Gasteiger partial charge in [0, 0.05) is 26.3 Å². The molecule has 0 spiro atoms. The Labute approximate surface area is 116 Å². The molecule has 0 saturated heterocycles. The number of carbonyl (C=O) groups is 1. The number of hydrogen-bond donors (Lipinski definition) is 1. The largest absolute Gasteiger partial charge is 0.478 e. The van der Waals surface area contributed by atoms with Crippen molar-refractivity contribution in [1.82, 2.24) is 0 Å². The lowest BCUT2D eigenvalue weighted by Gasteiger charge is -2.22. The third kappa shape index (κ3) is 3.79. The second-order valence-corrected chi connectivity index (χ2v) is 3.99. The van der Waals surface area contributed by atoms with Crippen LogP contribution >= 0.6 is 0 Å². The van der Waals surface area contributed by atoms with Crippen molar-refractivity contribution in [2.45, 2.75) is 0 Å². The molecule has 1 aromatic carbocycles. The topological polar surface area (TPSA) is 92.9 Å². The first kappa shape index (κ1) is 15.6. The lowest BCUT2D eigenvalue weighted by Crippen LogP contribution is -2.28. The van der Waals surface area contributed by atoms with Crippen molar-refractivity contribution in [1.29, 1.82) is 0 Å². The van der Waals surface area contributed by atoms with E-state index in [4.69, 9.17) is 9.84 Å². The van der Waals surface area contributed by atoms with E-state index in [0.717, 1.165) is 6.07 Å². The van der Waals surface area contributed by atoms with E-state index in [1.165, 1.54) is 19.2 Å². The molecule has 7 heteroatoms. The van der Waals surface area contributed by atoms with E-state index in [1.54, 1.807) is 11.0 Å². The van der Waals surface area contributed by atoms with E-state index in [2.05, 4.69) is 6.58 Å². The number of nitrogens with zero attached hydrogens (tertiary/aromatic N) is 2. The quantitative estimate of drug-likeness (QED) is 0.444. The van der Waals surface area contributed by atoms with Crippen LogP contribution in [0.3, 0.4) is 0 Å². The average molecular weight is 280 g/mol. The molecule has 0 bridgehead atoms. The van der Waals surface area contributed by atoms with Gasteiger partial charge in [-0.05, 0) is 12.1 Å². The number of nitro groups is 1. The van der Waals surface area contributed by atoms with Gasteiger partial charge < -0.3 is 14.7 Å². The van der Waals surface area contributed by atoms with Gasteiger partial charge in [-0.25, -0.2) is 4.79 Å². The van der Waals surface area contributed by atoms with E-state index < -0.39 is 10.9 Å². The number of carboxylic acid groups (broad SMARTS) is 1. The highest BCUT2D eigenvalue weighted by Crippen LogP contribution is 2.29. The van der Waals surface area contributed by atoms with Crippen LogP contribution in [0.4, 0.5) is 11.4 Å². The molecule has 0 amide bonds. The van der Waals surface area contributed by atoms with Crippen molar-refractivity contribution >= 4 is 17.3 Å². The van der Waals surface area contributed by atoms with Crippen LogP contribution in [0.2, 0.25) is 0 Å². The summed E-state index contributed by atoms with van der Waals surface area (Å²) < 4.78 is 4.96. The van der Waals surface area contributed by atoms with Gasteiger partial charge in [0.2, 0.25) is 0 Å². The molecule has 20 heavy (non-hydrogen) atoms. The van der Waals surface area contributed by atoms with E-state index in [1.807, 2.05) is 0 Å². The molecule has 1 rings (SSSR count). The molecule has 0 radical (unpaired) electrons. The summed E-state index contributed by atoms with van der Waals surface area (Å²) >= 11 is 0. The predicted octanol–water partition coefficient (Wildman–Crippen LogP) is 1.93. The summed E-state index contributed by atoms with van der Waals surface area (Å²) in [5.41, 5.74) is -0.0226. The molecule has 0 atom stereocenters. The van der Waals surface area contributed by atoms with Gasteiger partial charge in [0.25, 0.3) is 5.69 Å². The van der Waals surface area contributed by atoms with E-state index in [0.29, 0.717) is 25.4 Å². The molecule has 1 aromatic rings. The molecule has 0 fully saturated rings. The number of benzene rings is 1. The molecule has 108 valence electrons. The Morgan fingerprint density at radius 1 is 1.60 bits per heavy atom. The maximum atomic E-state index is 11.1. The molecule has 0 aliphatic rings. The molecule has 0 saturated carbocycles. The summed E-state index contributed by atoms with van der Waals surface area (Å²) in [4.78, 5) is 23.1. The van der Waals surface area contributed by atoms with E-state index >= 15 is 0 Å². The number of anilines is 1. The number of aromatic carboxylic acids is 1. The summed E-state index contributed by atoms with van der Waals surface area (Å²) in [6.07, 6.45) is 1.62. The van der Waals surface area contributed by atoms with Gasteiger partial charge in [-0.1, -0.05) is 6.08 Å². The minimum absolute atomic E-state index is 0.120. The number of ether oxygens (including phenoxy) is 1. The molecule has 0 aromatic heterocycles. The zero-order valence-corrected chi connectivity index (χ0v) is 11.1. The van der Waals surface area contributed by atoms with Crippen LogP contribution in [-0.2, 0) is 4.74 Å². The van der Waals surface area contributed by atoms with Crippen molar-refractivity contribution < 1.29 is 19.6 Å². The smallest absolute Gasteiger partial charge is 0.335 e. The molecule has 0 unspecified atom stereocenters. The SMILES string of the molecule is C=CCN(CCOC)c1ccc(C(=O)O)cc1[N+](=O)[O-]. The van der Waals surface area contributed by atoms with E-state index in [9.17, 15) is 14.9 Å². The summed E-state index contributed by atoms with van der Waals surface area (Å²) in [5.74, 6) is -1.20. The maximum absolute atomic E-state index is 11.1. The first-order valence-electron chi connectivity index (χ1n) is 5.87. The monoisotopic (exact) mass is 280 g/mol. The summed E-state index contributed by atoms with van der Waals surface area (Å²) in [6, 6.07) is 3.83. The van der Waals surface area contributed by atoms with Gasteiger partial charge in [0.05, 0.1) is 17.1 Å². The predicted molar refractivity (Wildman–Crippen MR) is 74.3 cm³/mol. The average Bonchev–Trinajstić information content (AvgIpc) is 2.42. The highest BCUT2D eigenvalue weighted by molar-refractivity contribution is 5.89.